The number of methoxy groups -OCH3 is 1. The van der Waals surface area contributed by atoms with Gasteiger partial charge in [0, 0.05) is 26.6 Å². The molecule has 3 N–H and O–H groups in total. The van der Waals surface area contributed by atoms with Crippen LogP contribution in [-0.2, 0) is 10.5 Å². The number of hydrogen-bond donors (Lipinski definition) is 4. The summed E-state index contributed by atoms with van der Waals surface area (Å²) in [6.45, 7) is 0. The van der Waals surface area contributed by atoms with Crippen LogP contribution in [0.25, 0.3) is 5.82 Å². The van der Waals surface area contributed by atoms with Gasteiger partial charge in [-0.1, -0.05) is 27.5 Å². The Morgan fingerprint density at radius 3 is 2.58 bits per heavy atom. The van der Waals surface area contributed by atoms with Gasteiger partial charge in [-0.15, -0.1) is 0 Å². The quantitative estimate of drug-likeness (QED) is 0.244. The number of anilines is 1. The zero-order chi connectivity index (χ0) is 24.1. The summed E-state index contributed by atoms with van der Waals surface area (Å²) >= 11 is 17.3. The highest BCUT2D eigenvalue weighted by molar-refractivity contribution is 9.11. The van der Waals surface area contributed by atoms with Crippen molar-refractivity contribution < 1.29 is 19.1 Å². The maximum absolute atomic E-state index is 13.3. The second kappa shape index (κ2) is 11.1. The van der Waals surface area contributed by atoms with E-state index in [1.807, 2.05) is 0 Å². The summed E-state index contributed by atoms with van der Waals surface area (Å²) in [5.74, 6) is -0.511. The normalized spacial score (nSPS) is 10.5. The number of amides is 3. The minimum atomic E-state index is -0.854. The Morgan fingerprint density at radius 1 is 1.15 bits per heavy atom. The number of benzene rings is 1. The standard InChI is InChI=1S/C20H16Br2ClN5O4S/c1-32-20(31)27-26-18(29)12-7-10(21)8-13(22)16(12)25-19(30)15-5-4-11(9-33)28(15)17-14(23)3-2-6-24-17/h2-8,33H,9H2,1H3,(H,25,30)(H,26,29)(H,27,31). The summed E-state index contributed by atoms with van der Waals surface area (Å²) in [5.41, 5.74) is 5.48. The van der Waals surface area contributed by atoms with E-state index in [0.29, 0.717) is 31.2 Å². The number of rotatable bonds is 5. The van der Waals surface area contributed by atoms with Crippen LogP contribution in [0.3, 0.4) is 0 Å². The minimum absolute atomic E-state index is 0.0735. The highest BCUT2D eigenvalue weighted by atomic mass is 79.9. The summed E-state index contributed by atoms with van der Waals surface area (Å²) < 4.78 is 7.02. The van der Waals surface area contributed by atoms with E-state index in [9.17, 15) is 14.4 Å². The number of ether oxygens (including phenoxy) is 1. The number of hydrazine groups is 1. The second-order valence-electron chi connectivity index (χ2n) is 6.35. The summed E-state index contributed by atoms with van der Waals surface area (Å²) in [7, 11) is 1.16. The number of hydrogen-bond acceptors (Lipinski definition) is 6. The molecule has 3 aromatic rings. The number of carbonyl (C=O) groups excluding carboxylic acids is 3. The fraction of sp³-hybridized carbons (Fsp3) is 0.100. The number of halogens is 3. The highest BCUT2D eigenvalue weighted by Gasteiger charge is 2.23. The van der Waals surface area contributed by atoms with E-state index in [-0.39, 0.29) is 16.9 Å². The Bertz CT molecular complexity index is 1240. The van der Waals surface area contributed by atoms with E-state index in [4.69, 9.17) is 11.6 Å². The Labute approximate surface area is 215 Å². The number of pyridine rings is 1. The Morgan fingerprint density at radius 2 is 1.91 bits per heavy atom. The van der Waals surface area contributed by atoms with Crippen LogP contribution in [0, 0.1) is 0 Å². The van der Waals surface area contributed by atoms with Gasteiger partial charge in [0.1, 0.15) is 5.69 Å². The SMILES string of the molecule is COC(=O)NNC(=O)c1cc(Br)cc(Br)c1NC(=O)c1ccc(CS)n1-c1ncccc1Cl. The fourth-order valence-electron chi connectivity index (χ4n) is 2.86. The van der Waals surface area contributed by atoms with Crippen LogP contribution >= 0.6 is 56.1 Å². The molecule has 0 spiro atoms. The van der Waals surface area contributed by atoms with Crippen LogP contribution in [0.15, 0.2) is 51.5 Å². The average molecular weight is 618 g/mol. The molecule has 172 valence electrons. The molecule has 0 unspecified atom stereocenters. The van der Waals surface area contributed by atoms with Crippen LogP contribution in [-0.4, -0.2) is 34.6 Å². The van der Waals surface area contributed by atoms with Gasteiger partial charge in [-0.3, -0.25) is 19.6 Å². The molecule has 0 radical (unpaired) electrons. The lowest BCUT2D eigenvalue weighted by Gasteiger charge is -2.16. The van der Waals surface area contributed by atoms with Gasteiger partial charge in [-0.25, -0.2) is 15.2 Å². The van der Waals surface area contributed by atoms with Gasteiger partial charge < -0.3 is 10.1 Å². The molecule has 0 atom stereocenters. The lowest BCUT2D eigenvalue weighted by atomic mass is 10.1. The van der Waals surface area contributed by atoms with Crippen molar-refractivity contribution in [1.29, 1.82) is 0 Å². The molecule has 13 heteroatoms. The first-order valence-corrected chi connectivity index (χ1v) is 11.7. The Balaban J connectivity index is 1.99. The molecule has 0 saturated carbocycles. The number of aromatic nitrogens is 2. The van der Waals surface area contributed by atoms with Gasteiger partial charge in [0.2, 0.25) is 0 Å². The van der Waals surface area contributed by atoms with Gasteiger partial charge >= 0.3 is 6.09 Å². The van der Waals surface area contributed by atoms with E-state index >= 15 is 0 Å². The molecular weight excluding hydrogens is 602 g/mol. The first kappa shape index (κ1) is 25.1. The van der Waals surface area contributed by atoms with Crippen molar-refractivity contribution in [2.45, 2.75) is 5.75 Å². The van der Waals surface area contributed by atoms with Crippen LogP contribution in [0.5, 0.6) is 0 Å². The van der Waals surface area contributed by atoms with Crippen molar-refractivity contribution in [3.8, 4) is 5.82 Å². The second-order valence-corrected chi connectivity index (χ2v) is 8.84. The van der Waals surface area contributed by atoms with Crippen molar-refractivity contribution in [1.82, 2.24) is 20.4 Å². The van der Waals surface area contributed by atoms with Gasteiger partial charge in [0.05, 0.1) is 23.4 Å². The van der Waals surface area contributed by atoms with Crippen LogP contribution in [0.4, 0.5) is 10.5 Å². The zero-order valence-corrected chi connectivity index (χ0v) is 21.7. The topological polar surface area (TPSA) is 114 Å². The fourth-order valence-corrected chi connectivity index (χ4v) is 4.63. The van der Waals surface area contributed by atoms with Gasteiger partial charge in [-0.2, -0.15) is 12.6 Å². The van der Waals surface area contributed by atoms with E-state index in [2.05, 4.69) is 70.4 Å². The molecule has 1 aromatic carbocycles. The predicted octanol–water partition coefficient (Wildman–Crippen LogP) is 4.73. The van der Waals surface area contributed by atoms with Crippen LogP contribution in [0.1, 0.15) is 26.5 Å². The minimum Gasteiger partial charge on any atom is -0.452 e. The van der Waals surface area contributed by atoms with Crippen molar-refractivity contribution >= 4 is 79.7 Å². The zero-order valence-electron chi connectivity index (χ0n) is 16.9. The molecular formula is C20H16Br2ClN5O4S. The predicted molar refractivity (Wildman–Crippen MR) is 134 cm³/mol. The number of nitrogens with zero attached hydrogens (tertiary/aromatic N) is 2. The van der Waals surface area contributed by atoms with Crippen molar-refractivity contribution in [3.63, 3.8) is 0 Å². The molecule has 0 aliphatic heterocycles. The summed E-state index contributed by atoms with van der Waals surface area (Å²) in [6, 6.07) is 9.84. The number of thiol groups is 1. The maximum Gasteiger partial charge on any atom is 0.425 e. The maximum atomic E-state index is 13.3. The Hall–Kier alpha value is -2.54. The average Bonchev–Trinajstić information content (AvgIpc) is 3.23. The van der Waals surface area contributed by atoms with Gasteiger partial charge in [0.15, 0.2) is 5.82 Å². The van der Waals surface area contributed by atoms with Crippen LogP contribution < -0.4 is 16.2 Å². The molecule has 3 amide bonds. The van der Waals surface area contributed by atoms with E-state index < -0.39 is 17.9 Å². The van der Waals surface area contributed by atoms with Crippen LogP contribution in [0.2, 0.25) is 5.02 Å². The monoisotopic (exact) mass is 615 g/mol. The van der Waals surface area contributed by atoms with Gasteiger partial charge in [0.25, 0.3) is 11.8 Å². The molecule has 3 rings (SSSR count). The lowest BCUT2D eigenvalue weighted by Crippen LogP contribution is -2.41. The van der Waals surface area contributed by atoms with E-state index in [1.165, 1.54) is 6.07 Å². The number of carbonyl (C=O) groups is 3. The third-order valence-corrected chi connectivity index (χ3v) is 6.01. The molecule has 2 aromatic heterocycles. The molecule has 0 fully saturated rings. The molecule has 2 heterocycles. The van der Waals surface area contributed by atoms with Crippen molar-refractivity contribution in [3.05, 3.63) is 73.5 Å². The molecule has 9 nitrogen and oxygen atoms in total. The summed E-state index contributed by atoms with van der Waals surface area (Å²) in [4.78, 5) is 41.6. The summed E-state index contributed by atoms with van der Waals surface area (Å²) in [5, 5.41) is 3.10. The van der Waals surface area contributed by atoms with E-state index in [0.717, 1.165) is 7.11 Å². The molecule has 0 aliphatic carbocycles. The van der Waals surface area contributed by atoms with Crippen molar-refractivity contribution in [2.75, 3.05) is 12.4 Å². The Kier molecular flexibility index (Phi) is 8.40. The molecule has 0 bridgehead atoms. The largest absolute Gasteiger partial charge is 0.452 e. The third-order valence-electron chi connectivity index (χ3n) is 4.31. The van der Waals surface area contributed by atoms with Gasteiger partial charge in [-0.05, 0) is 52.3 Å². The smallest absolute Gasteiger partial charge is 0.425 e. The lowest BCUT2D eigenvalue weighted by molar-refractivity contribution is 0.0921. The molecule has 0 saturated heterocycles. The van der Waals surface area contributed by atoms with E-state index in [1.54, 1.807) is 41.1 Å². The third kappa shape index (κ3) is 5.69. The first-order valence-electron chi connectivity index (χ1n) is 9.13. The first-order chi connectivity index (χ1) is 15.8. The highest BCUT2D eigenvalue weighted by Crippen LogP contribution is 2.32. The van der Waals surface area contributed by atoms with Crippen molar-refractivity contribution in [2.24, 2.45) is 0 Å². The molecule has 33 heavy (non-hydrogen) atoms. The number of nitrogens with one attached hydrogen (secondary N) is 3. The summed E-state index contributed by atoms with van der Waals surface area (Å²) in [6.07, 6.45) is 0.708. The molecule has 0 aliphatic rings.